The number of hydrogen-bond donors (Lipinski definition) is 2. The predicted molar refractivity (Wildman–Crippen MR) is 79.7 cm³/mol. The third-order valence-electron chi connectivity index (χ3n) is 3.51. The molecule has 118 valence electrons. The maximum atomic E-state index is 12.1. The number of nitrogens with zero attached hydrogens (tertiary/aromatic N) is 1. The van der Waals surface area contributed by atoms with Crippen molar-refractivity contribution >= 4 is 6.09 Å². The lowest BCUT2D eigenvalue weighted by Crippen LogP contribution is -2.51. The van der Waals surface area contributed by atoms with Gasteiger partial charge < -0.3 is 20.1 Å². The fourth-order valence-corrected chi connectivity index (χ4v) is 2.50. The van der Waals surface area contributed by atoms with E-state index in [2.05, 4.69) is 12.2 Å². The van der Waals surface area contributed by atoms with Crippen molar-refractivity contribution in [2.45, 2.75) is 71.1 Å². The predicted octanol–water partition coefficient (Wildman–Crippen LogP) is 2.14. The van der Waals surface area contributed by atoms with Crippen LogP contribution >= 0.6 is 0 Å². The van der Waals surface area contributed by atoms with Crippen LogP contribution in [0.5, 0.6) is 0 Å². The van der Waals surface area contributed by atoms with E-state index < -0.39 is 5.60 Å². The molecule has 5 nitrogen and oxygen atoms in total. The largest absolute Gasteiger partial charge is 0.444 e. The number of piperidine rings is 1. The molecule has 1 saturated heterocycles. The number of rotatable bonds is 5. The average molecular weight is 286 g/mol. The van der Waals surface area contributed by atoms with Crippen LogP contribution in [0.3, 0.4) is 0 Å². The highest BCUT2D eigenvalue weighted by molar-refractivity contribution is 5.68. The molecule has 0 bridgehead atoms. The fourth-order valence-electron chi connectivity index (χ4n) is 2.50. The third-order valence-corrected chi connectivity index (χ3v) is 3.51. The van der Waals surface area contributed by atoms with Gasteiger partial charge in [0.1, 0.15) is 5.60 Å². The second-order valence-corrected chi connectivity index (χ2v) is 6.55. The minimum atomic E-state index is -0.444. The average Bonchev–Trinajstić information content (AvgIpc) is 2.36. The normalized spacial score (nSPS) is 21.6. The van der Waals surface area contributed by atoms with E-state index in [-0.39, 0.29) is 12.7 Å². The number of amides is 1. The van der Waals surface area contributed by atoms with E-state index in [1.165, 1.54) is 0 Å². The van der Waals surface area contributed by atoms with Gasteiger partial charge in [0.25, 0.3) is 0 Å². The molecule has 0 radical (unpaired) electrons. The first-order chi connectivity index (χ1) is 9.35. The van der Waals surface area contributed by atoms with E-state index in [0.717, 1.165) is 32.2 Å². The van der Waals surface area contributed by atoms with Crippen molar-refractivity contribution < 1.29 is 14.6 Å². The number of likely N-dealkylation sites (tertiary alicyclic amines) is 1. The zero-order valence-corrected chi connectivity index (χ0v) is 13.3. The molecule has 0 aromatic heterocycles. The molecule has 0 aromatic rings. The molecule has 1 aliphatic rings. The summed E-state index contributed by atoms with van der Waals surface area (Å²) >= 11 is 0. The minimum Gasteiger partial charge on any atom is -0.444 e. The molecule has 2 N–H and O–H groups in total. The Labute approximate surface area is 122 Å². The zero-order chi connectivity index (χ0) is 15.2. The Morgan fingerprint density at radius 3 is 2.75 bits per heavy atom. The Kier molecular flexibility index (Phi) is 6.76. The molecule has 0 spiro atoms. The fraction of sp³-hybridized carbons (Fsp3) is 0.933. The highest BCUT2D eigenvalue weighted by Gasteiger charge is 2.28. The van der Waals surface area contributed by atoms with Gasteiger partial charge in [-0.25, -0.2) is 4.79 Å². The Hall–Kier alpha value is -0.810. The smallest absolute Gasteiger partial charge is 0.410 e. The van der Waals surface area contributed by atoms with Crippen LogP contribution in [0.15, 0.2) is 0 Å². The van der Waals surface area contributed by atoms with Gasteiger partial charge in [-0.3, -0.25) is 0 Å². The zero-order valence-electron chi connectivity index (χ0n) is 13.3. The number of aliphatic hydroxyl groups is 1. The number of carbonyl (C=O) groups is 1. The van der Waals surface area contributed by atoms with Crippen LogP contribution < -0.4 is 5.32 Å². The first-order valence-electron chi connectivity index (χ1n) is 7.70. The highest BCUT2D eigenvalue weighted by Crippen LogP contribution is 2.16. The Bertz CT molecular complexity index is 302. The van der Waals surface area contributed by atoms with Crippen molar-refractivity contribution in [3.05, 3.63) is 0 Å². The summed E-state index contributed by atoms with van der Waals surface area (Å²) in [5.74, 6) is 0. The van der Waals surface area contributed by atoms with Crippen LogP contribution in [0.1, 0.15) is 53.4 Å². The van der Waals surface area contributed by atoms with Crippen LogP contribution in [0.25, 0.3) is 0 Å². The van der Waals surface area contributed by atoms with Gasteiger partial charge in [-0.15, -0.1) is 0 Å². The molecule has 1 fully saturated rings. The number of aliphatic hydroxyl groups excluding tert-OH is 1. The summed E-state index contributed by atoms with van der Waals surface area (Å²) in [5, 5.41) is 12.6. The van der Waals surface area contributed by atoms with Gasteiger partial charge in [0.2, 0.25) is 0 Å². The lowest BCUT2D eigenvalue weighted by Gasteiger charge is -2.36. The molecule has 5 heteroatoms. The monoisotopic (exact) mass is 286 g/mol. The van der Waals surface area contributed by atoms with E-state index in [0.29, 0.717) is 18.6 Å². The minimum absolute atomic E-state index is 0.202. The van der Waals surface area contributed by atoms with E-state index >= 15 is 0 Å². The topological polar surface area (TPSA) is 61.8 Å². The number of ether oxygens (including phenoxy) is 1. The quantitative estimate of drug-likeness (QED) is 0.813. The van der Waals surface area contributed by atoms with Crippen molar-refractivity contribution in [1.29, 1.82) is 0 Å². The van der Waals surface area contributed by atoms with E-state index in [1.54, 1.807) is 4.90 Å². The Balaban J connectivity index is 2.47. The van der Waals surface area contributed by atoms with E-state index in [9.17, 15) is 4.79 Å². The molecule has 1 aliphatic heterocycles. The molecular formula is C15H30N2O3. The number of hydrogen-bond acceptors (Lipinski definition) is 4. The molecule has 20 heavy (non-hydrogen) atoms. The van der Waals surface area contributed by atoms with Crippen LogP contribution in [0.4, 0.5) is 4.79 Å². The van der Waals surface area contributed by atoms with Crippen LogP contribution in [-0.2, 0) is 4.74 Å². The second-order valence-electron chi connectivity index (χ2n) is 6.55. The Morgan fingerprint density at radius 2 is 2.20 bits per heavy atom. The van der Waals surface area contributed by atoms with Crippen molar-refractivity contribution in [1.82, 2.24) is 10.2 Å². The third kappa shape index (κ3) is 6.09. The van der Waals surface area contributed by atoms with Gasteiger partial charge in [-0.1, -0.05) is 6.92 Å². The van der Waals surface area contributed by atoms with Crippen LogP contribution in [0.2, 0.25) is 0 Å². The molecule has 0 saturated carbocycles. The standard InChI is InChI=1S/C15H30N2O3/c1-5-12(8-10-18)16-13-7-6-9-17(11-13)14(19)20-15(2,3)4/h12-13,16,18H,5-11H2,1-4H3. The van der Waals surface area contributed by atoms with Gasteiger partial charge in [0, 0.05) is 31.8 Å². The Morgan fingerprint density at radius 1 is 1.50 bits per heavy atom. The summed E-state index contributed by atoms with van der Waals surface area (Å²) in [5.41, 5.74) is -0.444. The summed E-state index contributed by atoms with van der Waals surface area (Å²) in [7, 11) is 0. The first kappa shape index (κ1) is 17.2. The molecule has 1 amide bonds. The summed E-state index contributed by atoms with van der Waals surface area (Å²) in [6.45, 7) is 9.44. The van der Waals surface area contributed by atoms with Crippen LogP contribution in [0, 0.1) is 0 Å². The molecular weight excluding hydrogens is 256 g/mol. The summed E-state index contributed by atoms with van der Waals surface area (Å²) in [6.07, 6.45) is 3.59. The first-order valence-corrected chi connectivity index (χ1v) is 7.70. The summed E-state index contributed by atoms with van der Waals surface area (Å²) in [4.78, 5) is 13.9. The van der Waals surface area contributed by atoms with Crippen molar-refractivity contribution in [2.24, 2.45) is 0 Å². The molecule has 0 aliphatic carbocycles. The van der Waals surface area contributed by atoms with E-state index in [1.807, 2.05) is 20.8 Å². The van der Waals surface area contributed by atoms with E-state index in [4.69, 9.17) is 9.84 Å². The molecule has 2 atom stereocenters. The molecule has 2 unspecified atom stereocenters. The second kappa shape index (κ2) is 7.84. The van der Waals surface area contributed by atoms with Gasteiger partial charge in [-0.2, -0.15) is 0 Å². The summed E-state index contributed by atoms with van der Waals surface area (Å²) < 4.78 is 5.42. The summed E-state index contributed by atoms with van der Waals surface area (Å²) in [6, 6.07) is 0.622. The van der Waals surface area contributed by atoms with Gasteiger partial charge in [0.15, 0.2) is 0 Å². The maximum Gasteiger partial charge on any atom is 0.410 e. The number of nitrogens with one attached hydrogen (secondary N) is 1. The highest BCUT2D eigenvalue weighted by atomic mass is 16.6. The lowest BCUT2D eigenvalue weighted by molar-refractivity contribution is 0.0181. The maximum absolute atomic E-state index is 12.1. The van der Waals surface area contributed by atoms with Crippen molar-refractivity contribution in [3.63, 3.8) is 0 Å². The van der Waals surface area contributed by atoms with Crippen molar-refractivity contribution in [2.75, 3.05) is 19.7 Å². The lowest BCUT2D eigenvalue weighted by atomic mass is 10.0. The van der Waals surface area contributed by atoms with Crippen LogP contribution in [-0.4, -0.2) is 53.5 Å². The molecule has 1 heterocycles. The van der Waals surface area contributed by atoms with Gasteiger partial charge >= 0.3 is 6.09 Å². The van der Waals surface area contributed by atoms with Crippen molar-refractivity contribution in [3.8, 4) is 0 Å². The molecule has 0 aromatic carbocycles. The number of carbonyl (C=O) groups excluding carboxylic acids is 1. The van der Waals surface area contributed by atoms with Gasteiger partial charge in [0.05, 0.1) is 0 Å². The SMILES string of the molecule is CCC(CCO)NC1CCCN(C(=O)OC(C)(C)C)C1. The molecule has 1 rings (SSSR count). The van der Waals surface area contributed by atoms with Gasteiger partial charge in [-0.05, 0) is 46.5 Å².